The van der Waals surface area contributed by atoms with Gasteiger partial charge in [-0.05, 0) is 25.2 Å². The Morgan fingerprint density at radius 2 is 2.20 bits per heavy atom. The molecule has 2 aliphatic carbocycles. The molecule has 0 bridgehead atoms. The van der Waals surface area contributed by atoms with Gasteiger partial charge in [-0.1, -0.05) is 0 Å². The van der Waals surface area contributed by atoms with Crippen molar-refractivity contribution in [3.05, 3.63) is 0 Å². The van der Waals surface area contributed by atoms with E-state index in [0.29, 0.717) is 11.7 Å². The summed E-state index contributed by atoms with van der Waals surface area (Å²) in [5, 5.41) is 9.20. The lowest BCUT2D eigenvalue weighted by molar-refractivity contribution is -0.121. The fraction of sp³-hybridized carbons (Fsp3) is 0.875. The average molecular weight is 140 g/mol. The Hall–Kier alpha value is -0.370. The average Bonchev–Trinajstić information content (AvgIpc) is 2.35. The molecule has 0 aromatic carbocycles. The van der Waals surface area contributed by atoms with Gasteiger partial charge in [-0.25, -0.2) is 0 Å². The van der Waals surface area contributed by atoms with E-state index in [-0.39, 0.29) is 12.0 Å². The van der Waals surface area contributed by atoms with Crippen LogP contribution in [0.1, 0.15) is 25.7 Å². The molecular formula is C8H12O2. The zero-order valence-corrected chi connectivity index (χ0v) is 5.92. The molecule has 2 aliphatic rings. The number of Topliss-reactive ketones (excluding diaryl/α,β-unsaturated/α-hetero) is 1. The van der Waals surface area contributed by atoms with Crippen LogP contribution in [0.25, 0.3) is 0 Å². The monoisotopic (exact) mass is 140 g/mol. The van der Waals surface area contributed by atoms with E-state index in [1.807, 2.05) is 0 Å². The van der Waals surface area contributed by atoms with E-state index in [1.165, 1.54) is 0 Å². The van der Waals surface area contributed by atoms with Gasteiger partial charge in [-0.15, -0.1) is 0 Å². The maximum Gasteiger partial charge on any atom is 0.136 e. The van der Waals surface area contributed by atoms with Gasteiger partial charge in [0.15, 0.2) is 0 Å². The maximum absolute atomic E-state index is 11.1. The summed E-state index contributed by atoms with van der Waals surface area (Å²) in [4.78, 5) is 11.1. The molecule has 0 unspecified atom stereocenters. The van der Waals surface area contributed by atoms with Crippen molar-refractivity contribution in [2.24, 2.45) is 11.8 Å². The summed E-state index contributed by atoms with van der Waals surface area (Å²) in [5.41, 5.74) is 0. The predicted molar refractivity (Wildman–Crippen MR) is 36.5 cm³/mol. The molecule has 10 heavy (non-hydrogen) atoms. The predicted octanol–water partition coefficient (Wildman–Crippen LogP) is 0.736. The summed E-state index contributed by atoms with van der Waals surface area (Å²) in [6, 6.07) is 0. The van der Waals surface area contributed by atoms with Crippen molar-refractivity contribution >= 4 is 5.78 Å². The molecule has 0 spiro atoms. The Balaban J connectivity index is 2.12. The first-order valence-corrected chi connectivity index (χ1v) is 3.98. The molecule has 0 aliphatic heterocycles. The molecule has 2 heteroatoms. The van der Waals surface area contributed by atoms with Gasteiger partial charge in [-0.2, -0.15) is 0 Å². The lowest BCUT2D eigenvalue weighted by Crippen LogP contribution is -2.08. The fourth-order valence-electron chi connectivity index (χ4n) is 2.32. The molecule has 1 N–H and O–H groups in total. The first-order valence-electron chi connectivity index (χ1n) is 3.98. The molecule has 56 valence electrons. The lowest BCUT2D eigenvalue weighted by Gasteiger charge is -2.02. The Morgan fingerprint density at radius 1 is 1.40 bits per heavy atom. The molecule has 0 amide bonds. The van der Waals surface area contributed by atoms with Gasteiger partial charge in [0.25, 0.3) is 0 Å². The Morgan fingerprint density at radius 3 is 2.90 bits per heavy atom. The standard InChI is InChI=1S/C8H12O2/c9-6-3-5-1-2-8(10)7(5)4-6/h5-7,9H,1-4H2/t5-,6-,7+/m0/s1. The molecule has 3 atom stereocenters. The molecule has 0 aromatic heterocycles. The van der Waals surface area contributed by atoms with Crippen molar-refractivity contribution in [2.75, 3.05) is 0 Å². The van der Waals surface area contributed by atoms with E-state index in [2.05, 4.69) is 0 Å². The summed E-state index contributed by atoms with van der Waals surface area (Å²) in [6.45, 7) is 0. The number of carbonyl (C=O) groups is 1. The molecule has 0 radical (unpaired) electrons. The van der Waals surface area contributed by atoms with Crippen molar-refractivity contribution in [1.82, 2.24) is 0 Å². The zero-order valence-electron chi connectivity index (χ0n) is 5.92. The minimum atomic E-state index is -0.181. The first kappa shape index (κ1) is 6.35. The van der Waals surface area contributed by atoms with E-state index < -0.39 is 0 Å². The van der Waals surface area contributed by atoms with E-state index in [4.69, 9.17) is 0 Å². The minimum Gasteiger partial charge on any atom is -0.393 e. The zero-order chi connectivity index (χ0) is 7.14. The largest absolute Gasteiger partial charge is 0.393 e. The van der Waals surface area contributed by atoms with Gasteiger partial charge in [0, 0.05) is 12.3 Å². The quantitative estimate of drug-likeness (QED) is 0.538. The van der Waals surface area contributed by atoms with Crippen molar-refractivity contribution in [3.63, 3.8) is 0 Å². The van der Waals surface area contributed by atoms with Crippen LogP contribution < -0.4 is 0 Å². The highest BCUT2D eigenvalue weighted by atomic mass is 16.3. The van der Waals surface area contributed by atoms with Crippen LogP contribution in [0.15, 0.2) is 0 Å². The summed E-state index contributed by atoms with van der Waals surface area (Å²) >= 11 is 0. The molecule has 2 fully saturated rings. The molecule has 0 heterocycles. The number of hydrogen-bond acceptors (Lipinski definition) is 2. The summed E-state index contributed by atoms with van der Waals surface area (Å²) in [5.74, 6) is 1.15. The van der Waals surface area contributed by atoms with Crippen molar-refractivity contribution in [2.45, 2.75) is 31.8 Å². The number of rotatable bonds is 0. The highest BCUT2D eigenvalue weighted by molar-refractivity contribution is 5.83. The van der Waals surface area contributed by atoms with Crippen LogP contribution in [0.3, 0.4) is 0 Å². The second kappa shape index (κ2) is 2.06. The van der Waals surface area contributed by atoms with Gasteiger partial charge >= 0.3 is 0 Å². The summed E-state index contributed by atoms with van der Waals surface area (Å²) in [7, 11) is 0. The molecule has 0 saturated heterocycles. The number of aliphatic hydroxyl groups excluding tert-OH is 1. The van der Waals surface area contributed by atoms with Crippen LogP contribution >= 0.6 is 0 Å². The third kappa shape index (κ3) is 0.788. The third-order valence-corrected chi connectivity index (χ3v) is 2.84. The van der Waals surface area contributed by atoms with E-state index in [1.54, 1.807) is 0 Å². The SMILES string of the molecule is O=C1CC[C@H]2C[C@H](O)C[C@@H]12. The van der Waals surface area contributed by atoms with Gasteiger partial charge in [0.2, 0.25) is 0 Å². The smallest absolute Gasteiger partial charge is 0.136 e. The number of aliphatic hydroxyl groups is 1. The van der Waals surface area contributed by atoms with Gasteiger partial charge in [0.1, 0.15) is 5.78 Å². The van der Waals surface area contributed by atoms with E-state index in [0.717, 1.165) is 25.7 Å². The van der Waals surface area contributed by atoms with Crippen LogP contribution in [0, 0.1) is 11.8 Å². The van der Waals surface area contributed by atoms with Crippen LogP contribution in [0.5, 0.6) is 0 Å². The highest BCUT2D eigenvalue weighted by Crippen LogP contribution is 2.41. The van der Waals surface area contributed by atoms with Gasteiger partial charge < -0.3 is 5.11 Å². The number of ketones is 1. The number of hydrogen-bond donors (Lipinski definition) is 1. The van der Waals surface area contributed by atoms with Crippen LogP contribution in [-0.4, -0.2) is 17.0 Å². The van der Waals surface area contributed by atoms with Crippen molar-refractivity contribution in [1.29, 1.82) is 0 Å². The normalized spacial score (nSPS) is 46.1. The van der Waals surface area contributed by atoms with E-state index >= 15 is 0 Å². The third-order valence-electron chi connectivity index (χ3n) is 2.84. The molecule has 0 aromatic rings. The summed E-state index contributed by atoms with van der Waals surface area (Å²) < 4.78 is 0. The van der Waals surface area contributed by atoms with Crippen LogP contribution in [0.2, 0.25) is 0 Å². The molecule has 2 nitrogen and oxygen atoms in total. The summed E-state index contributed by atoms with van der Waals surface area (Å²) in [6.07, 6.45) is 3.22. The fourth-order valence-corrected chi connectivity index (χ4v) is 2.32. The molecule has 2 saturated carbocycles. The lowest BCUT2D eigenvalue weighted by atomic mass is 10.0. The topological polar surface area (TPSA) is 37.3 Å². The maximum atomic E-state index is 11.1. The minimum absolute atomic E-state index is 0.181. The Bertz CT molecular complexity index is 165. The van der Waals surface area contributed by atoms with Crippen molar-refractivity contribution in [3.8, 4) is 0 Å². The Labute approximate surface area is 60.2 Å². The number of carbonyl (C=O) groups excluding carboxylic acids is 1. The Kier molecular flexibility index (Phi) is 1.31. The molecule has 2 rings (SSSR count). The van der Waals surface area contributed by atoms with Gasteiger partial charge in [0.05, 0.1) is 6.10 Å². The molecular weight excluding hydrogens is 128 g/mol. The van der Waals surface area contributed by atoms with Crippen LogP contribution in [-0.2, 0) is 4.79 Å². The van der Waals surface area contributed by atoms with E-state index in [9.17, 15) is 9.90 Å². The van der Waals surface area contributed by atoms with Crippen molar-refractivity contribution < 1.29 is 9.90 Å². The van der Waals surface area contributed by atoms with Gasteiger partial charge in [-0.3, -0.25) is 4.79 Å². The highest BCUT2D eigenvalue weighted by Gasteiger charge is 2.41. The number of fused-ring (bicyclic) bond motifs is 1. The van der Waals surface area contributed by atoms with Crippen LogP contribution in [0.4, 0.5) is 0 Å². The second-order valence-electron chi connectivity index (χ2n) is 3.50. The second-order valence-corrected chi connectivity index (χ2v) is 3.50. The first-order chi connectivity index (χ1) is 4.77.